The topological polar surface area (TPSA) is 101 Å². The molecule has 2 aromatic carbocycles. The number of carbonyl (C=O) groups excluding carboxylic acids is 1. The summed E-state index contributed by atoms with van der Waals surface area (Å²) in [7, 11) is 0. The van der Waals surface area contributed by atoms with Crippen LogP contribution in [0.4, 0.5) is 8.78 Å². The van der Waals surface area contributed by atoms with E-state index in [1.165, 1.54) is 24.9 Å². The van der Waals surface area contributed by atoms with Crippen LogP contribution < -0.4 is 15.2 Å². The molecule has 0 radical (unpaired) electrons. The fourth-order valence-corrected chi connectivity index (χ4v) is 3.51. The van der Waals surface area contributed by atoms with Gasteiger partial charge in [-0.05, 0) is 73.8 Å². The molecule has 0 saturated carbocycles. The summed E-state index contributed by atoms with van der Waals surface area (Å²) in [6.07, 6.45) is 1.35. The van der Waals surface area contributed by atoms with Crippen LogP contribution in [0.25, 0.3) is 6.08 Å². The Morgan fingerprint density at radius 1 is 0.973 bits per heavy atom. The van der Waals surface area contributed by atoms with Crippen LogP contribution in [0.15, 0.2) is 46.9 Å². The summed E-state index contributed by atoms with van der Waals surface area (Å²) in [5.74, 6) is -2.55. The molecule has 0 aromatic heterocycles. The fraction of sp³-hybridized carbons (Fsp3) is 0.423. The normalized spacial score (nSPS) is 11.5. The summed E-state index contributed by atoms with van der Waals surface area (Å²) in [6, 6.07) is 8.97. The third-order valence-corrected chi connectivity index (χ3v) is 5.45. The van der Waals surface area contributed by atoms with Crippen molar-refractivity contribution in [2.24, 2.45) is 5.73 Å². The number of nitrogens with one attached hydrogen (secondary N) is 1. The third-order valence-electron chi connectivity index (χ3n) is 4.59. The van der Waals surface area contributed by atoms with Crippen molar-refractivity contribution in [1.29, 1.82) is 0 Å². The molecule has 3 N–H and O–H groups in total. The van der Waals surface area contributed by atoms with Crippen molar-refractivity contribution in [2.75, 3.05) is 59.3 Å². The number of carbonyl (C=O) groups is 1. The third kappa shape index (κ3) is 12.0. The van der Waals surface area contributed by atoms with E-state index in [4.69, 9.17) is 29.4 Å². The molecule has 0 aliphatic carbocycles. The van der Waals surface area contributed by atoms with Gasteiger partial charge in [0.2, 0.25) is 0 Å². The molecule has 0 fully saturated rings. The van der Waals surface area contributed by atoms with Gasteiger partial charge in [0.25, 0.3) is 0 Å². The largest absolute Gasteiger partial charge is 0.463 e. The molecule has 0 saturated heterocycles. The van der Waals surface area contributed by atoms with Gasteiger partial charge in [-0.2, -0.15) is 0 Å². The Morgan fingerprint density at radius 3 is 2.16 bits per heavy atom. The lowest BCUT2D eigenvalue weighted by atomic mass is 10.1. The van der Waals surface area contributed by atoms with E-state index < -0.39 is 23.4 Å². The number of nitrogens with two attached hydrogens (primary N) is 1. The highest BCUT2D eigenvalue weighted by molar-refractivity contribution is 7.97. The summed E-state index contributed by atoms with van der Waals surface area (Å²) in [5.41, 5.74) is 5.75. The lowest BCUT2D eigenvalue weighted by Crippen LogP contribution is -2.16. The van der Waals surface area contributed by atoms with E-state index in [1.807, 2.05) is 0 Å². The molecule has 2 rings (SSSR count). The number of rotatable bonds is 18. The second-order valence-corrected chi connectivity index (χ2v) is 8.52. The Kier molecular flexibility index (Phi) is 14.8. The number of hydrogen-bond acceptors (Lipinski definition) is 9. The number of halogens is 2. The van der Waals surface area contributed by atoms with Gasteiger partial charge in [-0.3, -0.25) is 4.72 Å². The van der Waals surface area contributed by atoms with Gasteiger partial charge in [0.05, 0.1) is 46.2 Å². The van der Waals surface area contributed by atoms with Gasteiger partial charge < -0.3 is 29.4 Å². The van der Waals surface area contributed by atoms with E-state index in [0.29, 0.717) is 52.7 Å². The minimum absolute atomic E-state index is 0.190. The molecule has 2 aromatic rings. The zero-order chi connectivity index (χ0) is 26.9. The maximum Gasteiger partial charge on any atom is 0.333 e. The van der Waals surface area contributed by atoms with Crippen LogP contribution >= 0.6 is 11.9 Å². The van der Waals surface area contributed by atoms with E-state index in [9.17, 15) is 13.6 Å². The first kappa shape index (κ1) is 30.7. The molecule has 0 atom stereocenters. The molecule has 0 spiro atoms. The van der Waals surface area contributed by atoms with Crippen LogP contribution in [0.2, 0.25) is 0 Å². The van der Waals surface area contributed by atoms with Crippen molar-refractivity contribution in [3.8, 4) is 11.5 Å². The summed E-state index contributed by atoms with van der Waals surface area (Å²) >= 11 is 1.40. The molecule has 11 heteroatoms. The maximum absolute atomic E-state index is 14.5. The van der Waals surface area contributed by atoms with Crippen molar-refractivity contribution < 1.29 is 37.3 Å². The number of hydrogen-bond donors (Lipinski definition) is 2. The second-order valence-electron chi connectivity index (χ2n) is 7.56. The Bertz CT molecular complexity index is 969. The van der Waals surface area contributed by atoms with Crippen LogP contribution in [-0.2, 0) is 23.7 Å². The second kappa shape index (κ2) is 17.8. The fourth-order valence-electron chi connectivity index (χ4n) is 2.88. The highest BCUT2D eigenvalue weighted by Crippen LogP contribution is 2.30. The van der Waals surface area contributed by atoms with E-state index >= 15 is 0 Å². The standard InChI is InChI=1S/C26H34F2N2O6S/c1-3-35-26(31)19(2)16-20-17-23(27)25(24(28)18-20)36-21-4-6-22(7-5-21)37-30-9-11-33-13-15-34-14-12-32-10-8-29/h4-7,16-18,30H,3,8-15,29H2,1-2H3/b19-16+. The van der Waals surface area contributed by atoms with Crippen LogP contribution in [-0.4, -0.2) is 65.3 Å². The van der Waals surface area contributed by atoms with Gasteiger partial charge in [0, 0.05) is 23.6 Å². The highest BCUT2D eigenvalue weighted by atomic mass is 32.2. The van der Waals surface area contributed by atoms with E-state index in [-0.39, 0.29) is 23.5 Å². The van der Waals surface area contributed by atoms with Crippen LogP contribution in [0.3, 0.4) is 0 Å². The Labute approximate surface area is 220 Å². The number of benzene rings is 2. The molecule has 8 nitrogen and oxygen atoms in total. The number of esters is 1. The summed E-state index contributed by atoms with van der Waals surface area (Å²) in [5, 5.41) is 0. The quantitative estimate of drug-likeness (QED) is 0.124. The van der Waals surface area contributed by atoms with Crippen molar-refractivity contribution in [3.05, 3.63) is 59.2 Å². The van der Waals surface area contributed by atoms with E-state index in [0.717, 1.165) is 17.0 Å². The molecule has 0 unspecified atom stereocenters. The van der Waals surface area contributed by atoms with Gasteiger partial charge in [0.1, 0.15) is 5.75 Å². The van der Waals surface area contributed by atoms with Crippen LogP contribution in [0, 0.1) is 11.6 Å². The minimum Gasteiger partial charge on any atom is -0.463 e. The van der Waals surface area contributed by atoms with Crippen molar-refractivity contribution in [1.82, 2.24) is 4.72 Å². The summed E-state index contributed by atoms with van der Waals surface area (Å²) in [6.45, 7) is 7.59. The first-order valence-corrected chi connectivity index (χ1v) is 12.7. The predicted molar refractivity (Wildman–Crippen MR) is 139 cm³/mol. The Hall–Kier alpha value is -2.54. The van der Waals surface area contributed by atoms with Crippen LogP contribution in [0.5, 0.6) is 11.5 Å². The molecule has 204 valence electrons. The smallest absolute Gasteiger partial charge is 0.333 e. The Balaban J connectivity index is 1.73. The summed E-state index contributed by atoms with van der Waals surface area (Å²) < 4.78 is 58.6. The molecule has 37 heavy (non-hydrogen) atoms. The molecular weight excluding hydrogens is 506 g/mol. The molecule has 0 heterocycles. The average Bonchev–Trinajstić information content (AvgIpc) is 2.88. The molecular formula is C26H34F2N2O6S. The molecule has 0 aliphatic heterocycles. The van der Waals surface area contributed by atoms with E-state index in [1.54, 1.807) is 31.2 Å². The number of ether oxygens (including phenoxy) is 5. The maximum atomic E-state index is 14.5. The zero-order valence-electron chi connectivity index (χ0n) is 21.1. The molecule has 0 bridgehead atoms. The zero-order valence-corrected chi connectivity index (χ0v) is 21.9. The van der Waals surface area contributed by atoms with Crippen LogP contribution in [0.1, 0.15) is 19.4 Å². The minimum atomic E-state index is -0.881. The van der Waals surface area contributed by atoms with Gasteiger partial charge in [0.15, 0.2) is 17.4 Å². The van der Waals surface area contributed by atoms with Gasteiger partial charge in [-0.15, -0.1) is 0 Å². The highest BCUT2D eigenvalue weighted by Gasteiger charge is 2.14. The lowest BCUT2D eigenvalue weighted by Gasteiger charge is -2.10. The van der Waals surface area contributed by atoms with Gasteiger partial charge in [-0.25, -0.2) is 13.6 Å². The average molecular weight is 541 g/mol. The van der Waals surface area contributed by atoms with Crippen molar-refractivity contribution in [2.45, 2.75) is 18.7 Å². The Morgan fingerprint density at radius 2 is 1.57 bits per heavy atom. The lowest BCUT2D eigenvalue weighted by molar-refractivity contribution is -0.138. The van der Waals surface area contributed by atoms with Gasteiger partial charge >= 0.3 is 5.97 Å². The molecule has 0 amide bonds. The van der Waals surface area contributed by atoms with Gasteiger partial charge in [-0.1, -0.05) is 0 Å². The monoisotopic (exact) mass is 540 g/mol. The first-order valence-electron chi connectivity index (χ1n) is 11.9. The predicted octanol–water partition coefficient (Wildman–Crippen LogP) is 4.33. The van der Waals surface area contributed by atoms with E-state index in [2.05, 4.69) is 4.72 Å². The summed E-state index contributed by atoms with van der Waals surface area (Å²) in [4.78, 5) is 12.6. The SMILES string of the molecule is CCOC(=O)/C(C)=C/c1cc(F)c(Oc2ccc(SNCCOCCOCCOCCN)cc2)c(F)c1. The van der Waals surface area contributed by atoms with Crippen molar-refractivity contribution in [3.63, 3.8) is 0 Å². The first-order chi connectivity index (χ1) is 17.9. The van der Waals surface area contributed by atoms with Crippen molar-refractivity contribution >= 4 is 24.0 Å². The molecule has 0 aliphatic rings.